The van der Waals surface area contributed by atoms with Gasteiger partial charge >= 0.3 is 0 Å². The first kappa shape index (κ1) is 13.2. The molecule has 0 radical (unpaired) electrons. The molecule has 0 N–H and O–H groups in total. The first-order valence-electron chi connectivity index (χ1n) is 6.49. The van der Waals surface area contributed by atoms with Gasteiger partial charge in [-0.05, 0) is 55.5 Å². The lowest BCUT2D eigenvalue weighted by molar-refractivity contribution is 0.682. The number of benzene rings is 1. The molecule has 0 aromatic heterocycles. The van der Waals surface area contributed by atoms with Crippen molar-refractivity contribution < 1.29 is 0 Å². The number of hydrogen-bond acceptors (Lipinski definition) is 3. The molecule has 1 saturated heterocycles. The second-order valence-electron chi connectivity index (χ2n) is 5.04. The summed E-state index contributed by atoms with van der Waals surface area (Å²) in [5.74, 6) is 0. The number of aryl methyl sites for hydroxylation is 2. The minimum atomic E-state index is 0.306. The average Bonchev–Trinajstić information content (AvgIpc) is 2.40. The molecule has 0 unspecified atom stereocenters. The van der Waals surface area contributed by atoms with E-state index in [0.29, 0.717) is 5.57 Å². The van der Waals surface area contributed by atoms with Crippen molar-refractivity contribution in [3.05, 3.63) is 40.5 Å². The van der Waals surface area contributed by atoms with Crippen LogP contribution in [0.4, 0.5) is 5.69 Å². The zero-order chi connectivity index (χ0) is 13.8. The summed E-state index contributed by atoms with van der Waals surface area (Å²) in [4.78, 5) is 2.33. The van der Waals surface area contributed by atoms with Crippen molar-refractivity contribution >= 4 is 5.69 Å². The second-order valence-corrected chi connectivity index (χ2v) is 5.04. The molecule has 2 rings (SSSR count). The maximum Gasteiger partial charge on any atom is 0.129 e. The Balaban J connectivity index is 2.15. The van der Waals surface area contributed by atoms with Gasteiger partial charge in [0.1, 0.15) is 17.7 Å². The van der Waals surface area contributed by atoms with Crippen LogP contribution in [0, 0.1) is 36.5 Å². The topological polar surface area (TPSA) is 50.8 Å². The van der Waals surface area contributed by atoms with Gasteiger partial charge in [0, 0.05) is 18.8 Å². The highest BCUT2D eigenvalue weighted by Crippen LogP contribution is 2.26. The van der Waals surface area contributed by atoms with Crippen LogP contribution >= 0.6 is 0 Å². The summed E-state index contributed by atoms with van der Waals surface area (Å²) >= 11 is 0. The SMILES string of the molecule is Cc1cc(C)cc(N2CCC(=C(C#N)C#N)CC2)c1. The fourth-order valence-electron chi connectivity index (χ4n) is 2.60. The molecule has 96 valence electrons. The van der Waals surface area contributed by atoms with E-state index < -0.39 is 0 Å². The van der Waals surface area contributed by atoms with E-state index in [1.54, 1.807) is 0 Å². The smallest absolute Gasteiger partial charge is 0.129 e. The van der Waals surface area contributed by atoms with E-state index in [4.69, 9.17) is 10.5 Å². The van der Waals surface area contributed by atoms with E-state index in [0.717, 1.165) is 31.5 Å². The molecular weight excluding hydrogens is 234 g/mol. The molecule has 1 aliphatic heterocycles. The van der Waals surface area contributed by atoms with Crippen LogP contribution in [0.5, 0.6) is 0 Å². The molecule has 0 bridgehead atoms. The Morgan fingerprint density at radius 1 is 1.00 bits per heavy atom. The van der Waals surface area contributed by atoms with Gasteiger partial charge in [0.15, 0.2) is 0 Å². The van der Waals surface area contributed by atoms with Crippen molar-refractivity contribution in [2.75, 3.05) is 18.0 Å². The van der Waals surface area contributed by atoms with E-state index in [1.165, 1.54) is 16.8 Å². The van der Waals surface area contributed by atoms with Crippen LogP contribution < -0.4 is 4.90 Å². The number of allylic oxidation sites excluding steroid dienone is 1. The third-order valence-electron chi connectivity index (χ3n) is 3.52. The first-order valence-corrected chi connectivity index (χ1v) is 6.49. The Labute approximate surface area is 114 Å². The molecule has 0 aliphatic carbocycles. The summed E-state index contributed by atoms with van der Waals surface area (Å²) in [6, 6.07) is 10.5. The summed E-state index contributed by atoms with van der Waals surface area (Å²) in [6.45, 7) is 5.97. The number of piperidine rings is 1. The minimum Gasteiger partial charge on any atom is -0.371 e. The zero-order valence-corrected chi connectivity index (χ0v) is 11.4. The Morgan fingerprint density at radius 3 is 2.00 bits per heavy atom. The van der Waals surface area contributed by atoms with Crippen molar-refractivity contribution in [2.45, 2.75) is 26.7 Å². The molecule has 1 heterocycles. The molecule has 1 aromatic carbocycles. The zero-order valence-electron chi connectivity index (χ0n) is 11.4. The summed E-state index contributed by atoms with van der Waals surface area (Å²) in [6.07, 6.45) is 1.62. The molecule has 0 spiro atoms. The van der Waals surface area contributed by atoms with Crippen LogP contribution in [0.15, 0.2) is 29.3 Å². The highest BCUT2D eigenvalue weighted by Gasteiger charge is 2.17. The Bertz CT molecular complexity index is 553. The number of nitriles is 2. The Hall–Kier alpha value is -2.26. The van der Waals surface area contributed by atoms with Gasteiger partial charge in [0.25, 0.3) is 0 Å². The molecular formula is C16H17N3. The standard InChI is InChI=1S/C16H17N3/c1-12-7-13(2)9-16(8-12)19-5-3-14(4-6-19)15(10-17)11-18/h7-9H,3-6H2,1-2H3. The van der Waals surface area contributed by atoms with Crippen LogP contribution in [-0.4, -0.2) is 13.1 Å². The molecule has 1 aliphatic rings. The largest absolute Gasteiger partial charge is 0.371 e. The van der Waals surface area contributed by atoms with E-state index in [-0.39, 0.29) is 0 Å². The van der Waals surface area contributed by atoms with E-state index in [9.17, 15) is 0 Å². The summed E-state index contributed by atoms with van der Waals surface area (Å²) in [5, 5.41) is 17.8. The van der Waals surface area contributed by atoms with Crippen molar-refractivity contribution in [2.24, 2.45) is 0 Å². The number of hydrogen-bond donors (Lipinski definition) is 0. The summed E-state index contributed by atoms with van der Waals surface area (Å²) in [7, 11) is 0. The molecule has 0 amide bonds. The van der Waals surface area contributed by atoms with Crippen molar-refractivity contribution in [3.8, 4) is 12.1 Å². The van der Waals surface area contributed by atoms with Crippen LogP contribution in [-0.2, 0) is 0 Å². The third-order valence-corrected chi connectivity index (χ3v) is 3.52. The molecule has 1 fully saturated rings. The van der Waals surface area contributed by atoms with Crippen LogP contribution in [0.3, 0.4) is 0 Å². The average molecular weight is 251 g/mol. The second kappa shape index (κ2) is 5.59. The normalized spacial score (nSPS) is 14.7. The lowest BCUT2D eigenvalue weighted by Gasteiger charge is -2.31. The highest BCUT2D eigenvalue weighted by atomic mass is 15.1. The molecule has 3 heteroatoms. The third kappa shape index (κ3) is 2.95. The molecule has 0 saturated carbocycles. The Morgan fingerprint density at radius 2 is 1.53 bits per heavy atom. The van der Waals surface area contributed by atoms with E-state index in [1.807, 2.05) is 12.1 Å². The van der Waals surface area contributed by atoms with Crippen LogP contribution in [0.1, 0.15) is 24.0 Å². The predicted molar refractivity (Wildman–Crippen MR) is 75.6 cm³/mol. The van der Waals surface area contributed by atoms with Crippen molar-refractivity contribution in [3.63, 3.8) is 0 Å². The maximum atomic E-state index is 8.89. The first-order chi connectivity index (χ1) is 9.13. The fraction of sp³-hybridized carbons (Fsp3) is 0.375. The number of rotatable bonds is 1. The summed E-state index contributed by atoms with van der Waals surface area (Å²) in [5.41, 5.74) is 5.09. The minimum absolute atomic E-state index is 0.306. The van der Waals surface area contributed by atoms with Crippen molar-refractivity contribution in [1.82, 2.24) is 0 Å². The lowest BCUT2D eigenvalue weighted by atomic mass is 9.98. The van der Waals surface area contributed by atoms with Gasteiger partial charge in [-0.3, -0.25) is 0 Å². The molecule has 19 heavy (non-hydrogen) atoms. The lowest BCUT2D eigenvalue weighted by Crippen LogP contribution is -2.31. The predicted octanol–water partition coefficient (Wildman–Crippen LogP) is 3.25. The van der Waals surface area contributed by atoms with Gasteiger partial charge in [-0.25, -0.2) is 0 Å². The maximum absolute atomic E-state index is 8.89. The Kier molecular flexibility index (Phi) is 3.88. The van der Waals surface area contributed by atoms with Gasteiger partial charge in [-0.1, -0.05) is 6.07 Å². The molecule has 3 nitrogen and oxygen atoms in total. The van der Waals surface area contributed by atoms with Crippen molar-refractivity contribution in [1.29, 1.82) is 10.5 Å². The molecule has 1 aromatic rings. The number of anilines is 1. The summed E-state index contributed by atoms with van der Waals surface area (Å²) < 4.78 is 0. The quantitative estimate of drug-likeness (QED) is 0.720. The van der Waals surface area contributed by atoms with E-state index >= 15 is 0 Å². The van der Waals surface area contributed by atoms with Gasteiger partial charge in [0.2, 0.25) is 0 Å². The fourth-order valence-corrected chi connectivity index (χ4v) is 2.60. The van der Waals surface area contributed by atoms with Crippen LogP contribution in [0.2, 0.25) is 0 Å². The molecule has 0 atom stereocenters. The van der Waals surface area contributed by atoms with Gasteiger partial charge < -0.3 is 4.90 Å². The number of nitrogens with zero attached hydrogens (tertiary/aromatic N) is 3. The van der Waals surface area contributed by atoms with E-state index in [2.05, 4.69) is 36.9 Å². The van der Waals surface area contributed by atoms with Crippen LogP contribution in [0.25, 0.3) is 0 Å². The highest BCUT2D eigenvalue weighted by molar-refractivity contribution is 5.52. The monoisotopic (exact) mass is 251 g/mol. The van der Waals surface area contributed by atoms with Gasteiger partial charge in [-0.2, -0.15) is 10.5 Å². The van der Waals surface area contributed by atoms with Gasteiger partial charge in [-0.15, -0.1) is 0 Å². The van der Waals surface area contributed by atoms with Gasteiger partial charge in [0.05, 0.1) is 0 Å².